The number of hydrogen-bond donors (Lipinski definition) is 2. The highest BCUT2D eigenvalue weighted by molar-refractivity contribution is 6.00. The molecule has 0 aromatic rings. The van der Waals surface area contributed by atoms with Crippen LogP contribution >= 0.6 is 0 Å². The van der Waals surface area contributed by atoms with Gasteiger partial charge in [0.25, 0.3) is 0 Å². The lowest BCUT2D eigenvalue weighted by Crippen LogP contribution is -2.64. The second-order valence-corrected chi connectivity index (χ2v) is 14.1. The standard InChI is InChI=1S/C30H44O5/c1-16(2)20-13-23(33)30(8,35-20)25-19(31)14-27(5)21-11-9-17-18(10-12-22(32)26(17,3)4)29(21,7)24(34)15-28(25,27)6/h9,13,16,18-19,21-22,25,31-32H,10-12,14-15H2,1-8H3/t18-,19-,21+,22-,25+,27+,28-,29+,30+/m1/s1. The normalized spacial score (nSPS) is 50.8. The lowest BCUT2D eigenvalue weighted by Gasteiger charge is -2.64. The summed E-state index contributed by atoms with van der Waals surface area (Å²) in [5.41, 5.74) is -1.69. The van der Waals surface area contributed by atoms with Crippen molar-refractivity contribution in [1.29, 1.82) is 0 Å². The number of fused-ring (bicyclic) bond motifs is 5. The lowest BCUT2D eigenvalue weighted by atomic mass is 9.38. The Morgan fingerprint density at radius 3 is 2.26 bits per heavy atom. The van der Waals surface area contributed by atoms with E-state index in [1.54, 1.807) is 6.08 Å². The molecule has 5 heteroatoms. The third-order valence-electron chi connectivity index (χ3n) is 11.9. The highest BCUT2D eigenvalue weighted by atomic mass is 16.5. The number of rotatable bonds is 2. The smallest absolute Gasteiger partial charge is 0.202 e. The lowest BCUT2D eigenvalue weighted by molar-refractivity contribution is -0.183. The number of Topliss-reactive ketones (excluding diaryl/α,β-unsaturated/α-hetero) is 1. The van der Waals surface area contributed by atoms with Gasteiger partial charge < -0.3 is 14.9 Å². The van der Waals surface area contributed by atoms with Crippen molar-refractivity contribution in [3.8, 4) is 0 Å². The van der Waals surface area contributed by atoms with Gasteiger partial charge >= 0.3 is 0 Å². The van der Waals surface area contributed by atoms with E-state index in [0.29, 0.717) is 25.0 Å². The van der Waals surface area contributed by atoms with Crippen LogP contribution in [0.4, 0.5) is 0 Å². The van der Waals surface area contributed by atoms with Gasteiger partial charge in [0.1, 0.15) is 11.5 Å². The molecular weight excluding hydrogens is 440 g/mol. The highest BCUT2D eigenvalue weighted by Gasteiger charge is 2.75. The Kier molecular flexibility index (Phi) is 5.26. The van der Waals surface area contributed by atoms with E-state index in [4.69, 9.17) is 4.74 Å². The minimum Gasteiger partial charge on any atom is -0.483 e. The van der Waals surface area contributed by atoms with Crippen LogP contribution in [0.2, 0.25) is 0 Å². The van der Waals surface area contributed by atoms with Crippen molar-refractivity contribution in [2.45, 2.75) is 105 Å². The fraction of sp³-hybridized carbons (Fsp3) is 0.800. The van der Waals surface area contributed by atoms with E-state index in [-0.39, 0.29) is 40.2 Å². The van der Waals surface area contributed by atoms with Crippen LogP contribution in [-0.2, 0) is 14.3 Å². The molecule has 1 aliphatic heterocycles. The van der Waals surface area contributed by atoms with E-state index >= 15 is 0 Å². The van der Waals surface area contributed by atoms with Crippen molar-refractivity contribution in [3.05, 3.63) is 23.5 Å². The summed E-state index contributed by atoms with van der Waals surface area (Å²) in [4.78, 5) is 27.7. The van der Waals surface area contributed by atoms with Crippen LogP contribution in [0.25, 0.3) is 0 Å². The zero-order valence-electron chi connectivity index (χ0n) is 22.8. The van der Waals surface area contributed by atoms with Gasteiger partial charge in [-0.15, -0.1) is 0 Å². The molecule has 9 atom stereocenters. The van der Waals surface area contributed by atoms with Gasteiger partial charge in [-0.25, -0.2) is 0 Å². The maximum Gasteiger partial charge on any atom is 0.202 e. The first-order valence-electron chi connectivity index (χ1n) is 13.6. The maximum atomic E-state index is 14.3. The highest BCUT2D eigenvalue weighted by Crippen LogP contribution is 2.74. The number of ether oxygens (including phenoxy) is 1. The molecule has 35 heavy (non-hydrogen) atoms. The van der Waals surface area contributed by atoms with E-state index in [9.17, 15) is 19.8 Å². The number of carbonyl (C=O) groups is 2. The van der Waals surface area contributed by atoms with Crippen molar-refractivity contribution in [3.63, 3.8) is 0 Å². The molecular formula is C30H44O5. The minimum atomic E-state index is -1.16. The first kappa shape index (κ1) is 25.2. The summed E-state index contributed by atoms with van der Waals surface area (Å²) in [6, 6.07) is 0. The van der Waals surface area contributed by atoms with Crippen molar-refractivity contribution in [2.75, 3.05) is 0 Å². The number of hydrogen-bond acceptors (Lipinski definition) is 5. The number of allylic oxidation sites excluding steroid dienone is 2. The summed E-state index contributed by atoms with van der Waals surface area (Å²) in [6.45, 7) is 16.6. The van der Waals surface area contributed by atoms with Crippen LogP contribution < -0.4 is 0 Å². The molecule has 0 amide bonds. The summed E-state index contributed by atoms with van der Waals surface area (Å²) in [7, 11) is 0. The van der Waals surface area contributed by atoms with E-state index in [0.717, 1.165) is 12.8 Å². The van der Waals surface area contributed by atoms with Gasteiger partial charge in [0.05, 0.1) is 12.2 Å². The Balaban J connectivity index is 1.59. The molecule has 0 bridgehead atoms. The molecule has 1 heterocycles. The van der Waals surface area contributed by atoms with Gasteiger partial charge in [-0.3, -0.25) is 9.59 Å². The summed E-state index contributed by atoms with van der Waals surface area (Å²) >= 11 is 0. The van der Waals surface area contributed by atoms with Crippen molar-refractivity contribution in [1.82, 2.24) is 0 Å². The first-order valence-corrected chi connectivity index (χ1v) is 13.6. The van der Waals surface area contributed by atoms with Gasteiger partial charge in [0, 0.05) is 35.2 Å². The van der Waals surface area contributed by atoms with Crippen molar-refractivity contribution >= 4 is 11.6 Å². The van der Waals surface area contributed by atoms with Crippen molar-refractivity contribution < 1.29 is 24.5 Å². The quantitative estimate of drug-likeness (QED) is 0.539. The van der Waals surface area contributed by atoms with E-state index in [2.05, 4.69) is 40.7 Å². The molecule has 4 aliphatic carbocycles. The molecule has 0 spiro atoms. The molecule has 5 nitrogen and oxygen atoms in total. The largest absolute Gasteiger partial charge is 0.483 e. The minimum absolute atomic E-state index is 0.0679. The molecule has 0 aromatic carbocycles. The average Bonchev–Trinajstić information content (AvgIpc) is 3.15. The molecule has 0 aromatic heterocycles. The third kappa shape index (κ3) is 2.89. The Morgan fingerprint density at radius 2 is 1.66 bits per heavy atom. The van der Waals surface area contributed by atoms with Crippen LogP contribution in [0.5, 0.6) is 0 Å². The molecule has 5 rings (SSSR count). The summed E-state index contributed by atoms with van der Waals surface area (Å²) in [6.07, 6.45) is 5.98. The maximum absolute atomic E-state index is 14.3. The topological polar surface area (TPSA) is 83.8 Å². The Morgan fingerprint density at radius 1 is 1.00 bits per heavy atom. The van der Waals surface area contributed by atoms with Crippen molar-refractivity contribution in [2.24, 2.45) is 45.3 Å². The number of aliphatic hydroxyl groups excluding tert-OH is 2. The molecule has 194 valence electrons. The first-order chi connectivity index (χ1) is 16.0. The second-order valence-electron chi connectivity index (χ2n) is 14.1. The second kappa shape index (κ2) is 7.31. The molecule has 3 saturated carbocycles. The predicted octanol–water partition coefficient (Wildman–Crippen LogP) is 5.00. The van der Waals surface area contributed by atoms with Gasteiger partial charge in [0.15, 0.2) is 5.60 Å². The predicted molar refractivity (Wildman–Crippen MR) is 134 cm³/mol. The third-order valence-corrected chi connectivity index (χ3v) is 11.9. The van der Waals surface area contributed by atoms with Crippen LogP contribution in [0, 0.1) is 45.3 Å². The summed E-state index contributed by atoms with van der Waals surface area (Å²) in [5.74, 6) is 0.630. The molecule has 0 radical (unpaired) electrons. The summed E-state index contributed by atoms with van der Waals surface area (Å²) < 4.78 is 6.36. The summed E-state index contributed by atoms with van der Waals surface area (Å²) in [5, 5.41) is 22.4. The average molecular weight is 485 g/mol. The van der Waals surface area contributed by atoms with Gasteiger partial charge in [0.2, 0.25) is 5.78 Å². The fourth-order valence-corrected chi connectivity index (χ4v) is 9.57. The molecule has 0 saturated heterocycles. The molecule has 3 fully saturated rings. The number of aliphatic hydroxyl groups is 2. The van der Waals surface area contributed by atoms with Gasteiger partial charge in [-0.2, -0.15) is 0 Å². The van der Waals surface area contributed by atoms with Crippen LogP contribution in [0.1, 0.15) is 87.5 Å². The van der Waals surface area contributed by atoms with Crippen LogP contribution in [-0.4, -0.2) is 39.6 Å². The van der Waals surface area contributed by atoms with E-state index < -0.39 is 34.6 Å². The molecule has 0 unspecified atom stereocenters. The Labute approximate surface area is 210 Å². The van der Waals surface area contributed by atoms with Crippen LogP contribution in [0.3, 0.4) is 0 Å². The van der Waals surface area contributed by atoms with E-state index in [1.165, 1.54) is 5.57 Å². The SMILES string of the molecule is CC(C)C1=CC(=O)[C@@](C)([C@H]2[C@H](O)C[C@@]3(C)[C@@H]4CC=C5[C@@H](CC[C@@H](O)C5(C)C)[C@]4(C)C(=O)C[C@]23C)O1. The zero-order valence-corrected chi connectivity index (χ0v) is 22.8. The Bertz CT molecular complexity index is 1040. The monoisotopic (exact) mass is 484 g/mol. The number of ketones is 2. The number of carbonyl (C=O) groups excluding carboxylic acids is 2. The van der Waals surface area contributed by atoms with E-state index in [1.807, 2.05) is 20.8 Å². The molecule has 5 aliphatic rings. The Hall–Kier alpha value is -1.46. The fourth-order valence-electron chi connectivity index (χ4n) is 9.57. The molecule has 2 N–H and O–H groups in total. The zero-order chi connectivity index (χ0) is 25.9. The van der Waals surface area contributed by atoms with Gasteiger partial charge in [-0.05, 0) is 55.3 Å². The van der Waals surface area contributed by atoms with Crippen LogP contribution in [0.15, 0.2) is 23.5 Å². The van der Waals surface area contributed by atoms with Gasteiger partial charge in [-0.1, -0.05) is 60.1 Å².